The first-order valence-corrected chi connectivity index (χ1v) is 4.32. The summed E-state index contributed by atoms with van der Waals surface area (Å²) in [6, 6.07) is 0. The van der Waals surface area contributed by atoms with Gasteiger partial charge in [-0.1, -0.05) is 13.8 Å². The highest BCUT2D eigenvalue weighted by atomic mass is 16.5. The standard InChI is InChI=1S/C9H20O2/c1-7(2)5-9(4)11-6-8(3)10/h7-10H,5-6H2,1-4H3/t8-,9?/m0/s1. The Morgan fingerprint density at radius 3 is 2.09 bits per heavy atom. The van der Waals surface area contributed by atoms with Gasteiger partial charge in [0.15, 0.2) is 0 Å². The van der Waals surface area contributed by atoms with E-state index in [-0.39, 0.29) is 12.2 Å². The second-order valence-electron chi connectivity index (χ2n) is 3.62. The fourth-order valence-electron chi connectivity index (χ4n) is 1.04. The minimum absolute atomic E-state index is 0.268. The average molecular weight is 160 g/mol. The van der Waals surface area contributed by atoms with Crippen molar-refractivity contribution in [3.63, 3.8) is 0 Å². The molecular formula is C9H20O2. The zero-order valence-electron chi connectivity index (χ0n) is 8.00. The zero-order valence-corrected chi connectivity index (χ0v) is 8.00. The summed E-state index contributed by atoms with van der Waals surface area (Å²) < 4.78 is 5.36. The number of hydrogen-bond acceptors (Lipinski definition) is 2. The van der Waals surface area contributed by atoms with Crippen molar-refractivity contribution in [2.75, 3.05) is 6.61 Å². The van der Waals surface area contributed by atoms with Gasteiger partial charge in [0.25, 0.3) is 0 Å². The Hall–Kier alpha value is -0.0800. The fourth-order valence-corrected chi connectivity index (χ4v) is 1.04. The number of rotatable bonds is 5. The third-order valence-corrected chi connectivity index (χ3v) is 1.43. The Morgan fingerprint density at radius 1 is 1.18 bits per heavy atom. The number of aliphatic hydroxyl groups excluding tert-OH is 1. The fraction of sp³-hybridized carbons (Fsp3) is 1.00. The number of aliphatic hydroxyl groups is 1. The molecule has 68 valence electrons. The lowest BCUT2D eigenvalue weighted by atomic mass is 10.1. The molecule has 1 N–H and O–H groups in total. The molecule has 0 aromatic heterocycles. The summed E-state index contributed by atoms with van der Waals surface area (Å²) in [6.07, 6.45) is 0.987. The Labute approximate surface area is 69.6 Å². The van der Waals surface area contributed by atoms with Crippen LogP contribution in [-0.2, 0) is 4.74 Å². The SMILES string of the molecule is CC(C)CC(C)OC[C@H](C)O. The Bertz CT molecular complexity index is 89.6. The van der Waals surface area contributed by atoms with Gasteiger partial charge in [-0.25, -0.2) is 0 Å². The Kier molecular flexibility index (Phi) is 5.51. The molecule has 2 nitrogen and oxygen atoms in total. The summed E-state index contributed by atoms with van der Waals surface area (Å²) in [5.74, 6) is 0.666. The van der Waals surface area contributed by atoms with Gasteiger partial charge < -0.3 is 9.84 Å². The van der Waals surface area contributed by atoms with Crippen LogP contribution in [0.2, 0.25) is 0 Å². The lowest BCUT2D eigenvalue weighted by molar-refractivity contribution is -0.00257. The van der Waals surface area contributed by atoms with Crippen molar-refractivity contribution in [2.24, 2.45) is 5.92 Å². The topological polar surface area (TPSA) is 29.5 Å². The molecule has 11 heavy (non-hydrogen) atoms. The van der Waals surface area contributed by atoms with E-state index in [0.717, 1.165) is 6.42 Å². The molecule has 0 saturated carbocycles. The number of ether oxygens (including phenoxy) is 1. The molecule has 0 rings (SSSR count). The molecule has 0 aromatic carbocycles. The maximum atomic E-state index is 8.91. The van der Waals surface area contributed by atoms with Gasteiger partial charge in [-0.15, -0.1) is 0 Å². The third kappa shape index (κ3) is 7.82. The summed E-state index contributed by atoms with van der Waals surface area (Å²) in [4.78, 5) is 0. The molecular weight excluding hydrogens is 140 g/mol. The van der Waals surface area contributed by atoms with Crippen molar-refractivity contribution in [1.82, 2.24) is 0 Å². The largest absolute Gasteiger partial charge is 0.391 e. The first-order chi connectivity index (χ1) is 5.02. The summed E-state index contributed by atoms with van der Waals surface area (Å²) in [5.41, 5.74) is 0. The van der Waals surface area contributed by atoms with Crippen LogP contribution in [0.4, 0.5) is 0 Å². The minimum atomic E-state index is -0.343. The second kappa shape index (κ2) is 5.56. The van der Waals surface area contributed by atoms with Gasteiger partial charge in [-0.05, 0) is 26.2 Å². The van der Waals surface area contributed by atoms with Crippen LogP contribution < -0.4 is 0 Å². The highest BCUT2D eigenvalue weighted by molar-refractivity contribution is 4.54. The normalized spacial score (nSPS) is 16.9. The van der Waals surface area contributed by atoms with Crippen molar-refractivity contribution in [3.05, 3.63) is 0 Å². The molecule has 1 unspecified atom stereocenters. The van der Waals surface area contributed by atoms with Gasteiger partial charge in [0.2, 0.25) is 0 Å². The lowest BCUT2D eigenvalue weighted by Crippen LogP contribution is -2.18. The minimum Gasteiger partial charge on any atom is -0.391 e. The van der Waals surface area contributed by atoms with Crippen LogP contribution in [0.25, 0.3) is 0 Å². The lowest BCUT2D eigenvalue weighted by Gasteiger charge is -2.15. The second-order valence-corrected chi connectivity index (χ2v) is 3.62. The highest BCUT2D eigenvalue weighted by Gasteiger charge is 2.05. The molecule has 0 aliphatic carbocycles. The van der Waals surface area contributed by atoms with Crippen LogP contribution in [0, 0.1) is 5.92 Å². The predicted octanol–water partition coefficient (Wildman–Crippen LogP) is 1.82. The third-order valence-electron chi connectivity index (χ3n) is 1.43. The molecule has 0 heterocycles. The van der Waals surface area contributed by atoms with Crippen LogP contribution in [0.3, 0.4) is 0 Å². The van der Waals surface area contributed by atoms with Crippen molar-refractivity contribution >= 4 is 0 Å². The Balaban J connectivity index is 3.29. The van der Waals surface area contributed by atoms with Gasteiger partial charge in [-0.2, -0.15) is 0 Å². The van der Waals surface area contributed by atoms with Crippen LogP contribution >= 0.6 is 0 Å². The van der Waals surface area contributed by atoms with E-state index < -0.39 is 0 Å². The van der Waals surface area contributed by atoms with Crippen molar-refractivity contribution in [1.29, 1.82) is 0 Å². The molecule has 0 spiro atoms. The van der Waals surface area contributed by atoms with Crippen LogP contribution in [0.15, 0.2) is 0 Å². The van der Waals surface area contributed by atoms with Crippen LogP contribution in [0.5, 0.6) is 0 Å². The van der Waals surface area contributed by atoms with Gasteiger partial charge in [-0.3, -0.25) is 0 Å². The quantitative estimate of drug-likeness (QED) is 0.664. The van der Waals surface area contributed by atoms with E-state index in [1.807, 2.05) is 6.92 Å². The van der Waals surface area contributed by atoms with E-state index in [4.69, 9.17) is 9.84 Å². The molecule has 0 fully saturated rings. The molecule has 0 bridgehead atoms. The highest BCUT2D eigenvalue weighted by Crippen LogP contribution is 2.07. The van der Waals surface area contributed by atoms with E-state index in [1.54, 1.807) is 6.92 Å². The molecule has 2 atom stereocenters. The van der Waals surface area contributed by atoms with E-state index in [2.05, 4.69) is 13.8 Å². The van der Waals surface area contributed by atoms with Gasteiger partial charge in [0.1, 0.15) is 0 Å². The van der Waals surface area contributed by atoms with E-state index in [1.165, 1.54) is 0 Å². The molecule has 2 heteroatoms. The maximum absolute atomic E-state index is 8.91. The summed E-state index contributed by atoms with van der Waals surface area (Å²) in [6.45, 7) is 8.57. The van der Waals surface area contributed by atoms with Crippen molar-refractivity contribution in [3.8, 4) is 0 Å². The van der Waals surface area contributed by atoms with E-state index in [9.17, 15) is 0 Å². The molecule has 0 radical (unpaired) electrons. The summed E-state index contributed by atoms with van der Waals surface area (Å²) >= 11 is 0. The molecule has 0 amide bonds. The van der Waals surface area contributed by atoms with Gasteiger partial charge >= 0.3 is 0 Å². The average Bonchev–Trinajstić information content (AvgIpc) is 1.82. The summed E-state index contributed by atoms with van der Waals surface area (Å²) in [7, 11) is 0. The zero-order chi connectivity index (χ0) is 8.85. The first kappa shape index (κ1) is 10.9. The van der Waals surface area contributed by atoms with E-state index >= 15 is 0 Å². The smallest absolute Gasteiger partial charge is 0.0745 e. The van der Waals surface area contributed by atoms with Gasteiger partial charge in [0, 0.05) is 0 Å². The van der Waals surface area contributed by atoms with Crippen LogP contribution in [0.1, 0.15) is 34.1 Å². The molecule has 0 saturated heterocycles. The number of hydrogen-bond donors (Lipinski definition) is 1. The monoisotopic (exact) mass is 160 g/mol. The molecule has 0 aliphatic heterocycles. The Morgan fingerprint density at radius 2 is 1.73 bits per heavy atom. The van der Waals surface area contributed by atoms with E-state index in [0.29, 0.717) is 12.5 Å². The van der Waals surface area contributed by atoms with Crippen molar-refractivity contribution < 1.29 is 9.84 Å². The molecule has 0 aromatic rings. The first-order valence-electron chi connectivity index (χ1n) is 4.32. The summed E-state index contributed by atoms with van der Waals surface area (Å²) in [5, 5.41) is 8.91. The molecule has 0 aliphatic rings. The van der Waals surface area contributed by atoms with Crippen LogP contribution in [-0.4, -0.2) is 23.9 Å². The predicted molar refractivity (Wildman–Crippen MR) is 46.5 cm³/mol. The maximum Gasteiger partial charge on any atom is 0.0745 e. The van der Waals surface area contributed by atoms with Gasteiger partial charge in [0.05, 0.1) is 18.8 Å². The van der Waals surface area contributed by atoms with Crippen molar-refractivity contribution in [2.45, 2.75) is 46.3 Å².